The minimum Gasteiger partial charge on any atom is -0.390 e. The summed E-state index contributed by atoms with van der Waals surface area (Å²) in [5.41, 5.74) is -1.48. The van der Waals surface area contributed by atoms with Crippen LogP contribution in [0.1, 0.15) is 25.7 Å². The first-order chi connectivity index (χ1) is 5.61. The van der Waals surface area contributed by atoms with Crippen LogP contribution >= 0.6 is 0 Å². The van der Waals surface area contributed by atoms with Crippen LogP contribution in [0, 0.1) is 12.3 Å². The first-order valence-electron chi connectivity index (χ1n) is 4.13. The van der Waals surface area contributed by atoms with E-state index in [0.717, 1.165) is 6.42 Å². The van der Waals surface area contributed by atoms with Crippen LogP contribution in [0.2, 0.25) is 0 Å². The molecule has 1 aliphatic carbocycles. The van der Waals surface area contributed by atoms with Gasteiger partial charge in [0.1, 0.15) is 5.60 Å². The van der Waals surface area contributed by atoms with Gasteiger partial charge in [-0.1, -0.05) is 0 Å². The molecule has 3 atom stereocenters. The molecular weight excluding hydrogens is 156 g/mol. The van der Waals surface area contributed by atoms with E-state index in [-0.39, 0.29) is 6.42 Å². The molecule has 3 nitrogen and oxygen atoms in total. The number of aliphatic hydroxyl groups is 3. The average molecular weight is 170 g/mol. The molecule has 0 heterocycles. The molecule has 0 aromatic rings. The van der Waals surface area contributed by atoms with Crippen molar-refractivity contribution in [2.75, 3.05) is 0 Å². The maximum atomic E-state index is 9.77. The molecular formula is C9H14O3. The summed E-state index contributed by atoms with van der Waals surface area (Å²) in [6.45, 7) is 0. The fraction of sp³-hybridized carbons (Fsp3) is 0.778. The third kappa shape index (κ3) is 1.46. The van der Waals surface area contributed by atoms with Gasteiger partial charge in [0.25, 0.3) is 0 Å². The summed E-state index contributed by atoms with van der Waals surface area (Å²) in [6.07, 6.45) is 5.01. The van der Waals surface area contributed by atoms with E-state index in [1.54, 1.807) is 0 Å². The van der Waals surface area contributed by atoms with Crippen molar-refractivity contribution in [2.24, 2.45) is 0 Å². The number of terminal acetylenes is 1. The van der Waals surface area contributed by atoms with Gasteiger partial charge in [-0.15, -0.1) is 12.3 Å². The highest BCUT2D eigenvalue weighted by molar-refractivity contribution is 5.04. The molecule has 0 aromatic heterocycles. The summed E-state index contributed by atoms with van der Waals surface area (Å²) < 4.78 is 0. The van der Waals surface area contributed by atoms with E-state index in [4.69, 9.17) is 6.42 Å². The molecule has 12 heavy (non-hydrogen) atoms. The van der Waals surface area contributed by atoms with Gasteiger partial charge in [0.2, 0.25) is 0 Å². The van der Waals surface area contributed by atoms with Crippen LogP contribution in [0.5, 0.6) is 0 Å². The molecule has 68 valence electrons. The number of hydrogen-bond acceptors (Lipinski definition) is 3. The van der Waals surface area contributed by atoms with Crippen LogP contribution in [0.15, 0.2) is 0 Å². The van der Waals surface area contributed by atoms with Crippen molar-refractivity contribution in [3.63, 3.8) is 0 Å². The van der Waals surface area contributed by atoms with E-state index in [2.05, 4.69) is 5.92 Å². The van der Waals surface area contributed by atoms with Gasteiger partial charge in [-0.3, -0.25) is 0 Å². The summed E-state index contributed by atoms with van der Waals surface area (Å²) in [5.74, 6) is 2.27. The van der Waals surface area contributed by atoms with Crippen LogP contribution < -0.4 is 0 Å². The largest absolute Gasteiger partial charge is 0.390 e. The lowest BCUT2D eigenvalue weighted by Crippen LogP contribution is -2.54. The van der Waals surface area contributed by atoms with E-state index >= 15 is 0 Å². The van der Waals surface area contributed by atoms with Gasteiger partial charge < -0.3 is 15.3 Å². The van der Waals surface area contributed by atoms with Crippen LogP contribution in [0.4, 0.5) is 0 Å². The van der Waals surface area contributed by atoms with Crippen molar-refractivity contribution in [3.8, 4) is 12.3 Å². The number of hydrogen-bond donors (Lipinski definition) is 3. The quantitative estimate of drug-likeness (QED) is 0.471. The summed E-state index contributed by atoms with van der Waals surface area (Å²) in [6, 6.07) is 0. The van der Waals surface area contributed by atoms with Crippen molar-refractivity contribution in [1.29, 1.82) is 0 Å². The van der Waals surface area contributed by atoms with Crippen molar-refractivity contribution in [3.05, 3.63) is 0 Å². The molecule has 0 spiro atoms. The first kappa shape index (κ1) is 9.53. The van der Waals surface area contributed by atoms with Crippen LogP contribution in [-0.4, -0.2) is 33.1 Å². The third-order valence-corrected chi connectivity index (χ3v) is 2.49. The third-order valence-electron chi connectivity index (χ3n) is 2.49. The molecule has 0 amide bonds. The SMILES string of the molecule is C#CCC1(O)[C@H](O)CCC[C@@H]1O. The Morgan fingerprint density at radius 3 is 2.25 bits per heavy atom. The predicted octanol–water partition coefficient (Wildman–Crippen LogP) is -0.354. The van der Waals surface area contributed by atoms with Crippen LogP contribution in [0.3, 0.4) is 0 Å². The molecule has 0 radical (unpaired) electrons. The van der Waals surface area contributed by atoms with E-state index < -0.39 is 17.8 Å². The lowest BCUT2D eigenvalue weighted by atomic mass is 9.78. The monoisotopic (exact) mass is 170 g/mol. The maximum absolute atomic E-state index is 9.77. The lowest BCUT2D eigenvalue weighted by molar-refractivity contribution is -0.163. The summed E-state index contributed by atoms with van der Waals surface area (Å²) >= 11 is 0. The summed E-state index contributed by atoms with van der Waals surface area (Å²) in [7, 11) is 0. The van der Waals surface area contributed by atoms with E-state index in [1.807, 2.05) is 0 Å². The van der Waals surface area contributed by atoms with Crippen molar-refractivity contribution in [2.45, 2.75) is 43.5 Å². The number of aliphatic hydroxyl groups excluding tert-OH is 2. The zero-order valence-corrected chi connectivity index (χ0v) is 6.90. The molecule has 1 rings (SSSR count). The van der Waals surface area contributed by atoms with Gasteiger partial charge >= 0.3 is 0 Å². The zero-order chi connectivity index (χ0) is 9.19. The Bertz CT molecular complexity index is 184. The molecule has 1 saturated carbocycles. The van der Waals surface area contributed by atoms with Gasteiger partial charge in [0.05, 0.1) is 12.2 Å². The molecule has 1 fully saturated rings. The fourth-order valence-electron chi connectivity index (χ4n) is 1.63. The van der Waals surface area contributed by atoms with Crippen molar-refractivity contribution >= 4 is 0 Å². The zero-order valence-electron chi connectivity index (χ0n) is 6.90. The first-order valence-corrected chi connectivity index (χ1v) is 4.13. The second kappa shape index (κ2) is 3.44. The fourth-order valence-corrected chi connectivity index (χ4v) is 1.63. The average Bonchev–Trinajstić information content (AvgIpc) is 2.02. The molecule has 0 aliphatic heterocycles. The maximum Gasteiger partial charge on any atom is 0.127 e. The molecule has 0 aromatic carbocycles. The van der Waals surface area contributed by atoms with E-state index in [9.17, 15) is 15.3 Å². The second-order valence-corrected chi connectivity index (χ2v) is 3.33. The van der Waals surface area contributed by atoms with Crippen LogP contribution in [0.25, 0.3) is 0 Å². The van der Waals surface area contributed by atoms with E-state index in [1.165, 1.54) is 0 Å². The minimum absolute atomic E-state index is 0.00926. The topological polar surface area (TPSA) is 60.7 Å². The highest BCUT2D eigenvalue weighted by Gasteiger charge is 2.44. The van der Waals surface area contributed by atoms with Crippen molar-refractivity contribution in [1.82, 2.24) is 0 Å². The molecule has 3 N–H and O–H groups in total. The molecule has 0 saturated heterocycles. The summed E-state index contributed by atoms with van der Waals surface area (Å²) in [5, 5.41) is 28.6. The standard InChI is InChI=1S/C9H14O3/c1-2-6-9(12)7(10)4-3-5-8(9)11/h1,7-8,10-12H,3-6H2/t7-,8+,9?. The molecule has 1 unspecified atom stereocenters. The molecule has 3 heteroatoms. The van der Waals surface area contributed by atoms with E-state index in [0.29, 0.717) is 12.8 Å². The Labute approximate surface area is 72.0 Å². The Morgan fingerprint density at radius 1 is 1.33 bits per heavy atom. The Kier molecular flexibility index (Phi) is 2.73. The normalized spacial score (nSPS) is 42.2. The van der Waals surface area contributed by atoms with Gasteiger partial charge in [-0.25, -0.2) is 0 Å². The van der Waals surface area contributed by atoms with Crippen molar-refractivity contribution < 1.29 is 15.3 Å². The highest BCUT2D eigenvalue weighted by atomic mass is 16.4. The van der Waals surface area contributed by atoms with Gasteiger partial charge in [-0.2, -0.15) is 0 Å². The Morgan fingerprint density at radius 2 is 1.83 bits per heavy atom. The Balaban J connectivity index is 2.74. The predicted molar refractivity (Wildman–Crippen MR) is 44.3 cm³/mol. The molecule has 1 aliphatic rings. The second-order valence-electron chi connectivity index (χ2n) is 3.33. The van der Waals surface area contributed by atoms with Gasteiger partial charge in [-0.05, 0) is 19.3 Å². The van der Waals surface area contributed by atoms with Gasteiger partial charge in [0.15, 0.2) is 0 Å². The highest BCUT2D eigenvalue weighted by Crippen LogP contribution is 2.31. The Hall–Kier alpha value is -0.560. The lowest BCUT2D eigenvalue weighted by Gasteiger charge is -2.39. The van der Waals surface area contributed by atoms with Crippen LogP contribution in [-0.2, 0) is 0 Å². The molecule has 0 bridgehead atoms. The number of rotatable bonds is 1. The van der Waals surface area contributed by atoms with Gasteiger partial charge in [0, 0.05) is 6.42 Å². The minimum atomic E-state index is -1.48. The smallest absolute Gasteiger partial charge is 0.127 e. The summed E-state index contributed by atoms with van der Waals surface area (Å²) in [4.78, 5) is 0.